The Morgan fingerprint density at radius 3 is 0.912 bits per heavy atom. The van der Waals surface area contributed by atoms with Gasteiger partial charge in [-0.3, -0.25) is 19.9 Å². The van der Waals surface area contributed by atoms with Crippen LogP contribution in [0.2, 0.25) is 0 Å². The normalized spacial score (nSPS) is 12.2. The Hall–Kier alpha value is -11.7. The highest BCUT2D eigenvalue weighted by Crippen LogP contribution is 2.41. The van der Waals surface area contributed by atoms with Crippen LogP contribution in [-0.2, 0) is 5.41 Å². The summed E-state index contributed by atoms with van der Waals surface area (Å²) >= 11 is 0. The lowest BCUT2D eigenvalue weighted by Crippen LogP contribution is -2.10. The van der Waals surface area contributed by atoms with Crippen LogP contribution in [0.1, 0.15) is 162 Å². The number of aromatic nitrogens is 4. The molecule has 0 spiro atoms. The highest BCUT2D eigenvalue weighted by atomic mass is 14.7. The summed E-state index contributed by atoms with van der Waals surface area (Å²) in [5, 5.41) is 10.4. The largest absolute Gasteiger partial charge is 0.253 e. The Labute approximate surface area is 672 Å². The van der Waals surface area contributed by atoms with Gasteiger partial charge in [-0.05, 0) is 317 Å². The van der Waals surface area contributed by atoms with Gasteiger partial charge in [0, 0.05) is 45.0 Å². The molecule has 1 saturated carbocycles. The van der Waals surface area contributed by atoms with Gasteiger partial charge in [0.25, 0.3) is 0 Å². The molecule has 4 heterocycles. The summed E-state index contributed by atoms with van der Waals surface area (Å²) in [5.74, 6) is 1.31. The molecule has 0 saturated heterocycles. The molecule has 16 aromatic rings. The molecule has 0 radical (unpaired) electrons. The number of hydrogen-bond donors (Lipinski definition) is 0. The van der Waals surface area contributed by atoms with Crippen molar-refractivity contribution in [3.63, 3.8) is 0 Å². The second-order valence-electron chi connectivity index (χ2n) is 33.2. The summed E-state index contributed by atoms with van der Waals surface area (Å²) in [5.41, 5.74) is 39.2. The summed E-state index contributed by atoms with van der Waals surface area (Å²) in [6.07, 6.45) is 5.46. The molecule has 1 fully saturated rings. The quantitative estimate of drug-likeness (QED) is 0.137. The van der Waals surface area contributed by atoms with Crippen molar-refractivity contribution in [2.75, 3.05) is 0 Å². The fraction of sp³-hybridized carbons (Fsp3) is 0.229. The van der Waals surface area contributed by atoms with Crippen LogP contribution < -0.4 is 0 Å². The van der Waals surface area contributed by atoms with E-state index in [0.717, 1.165) is 51.5 Å². The fourth-order valence-corrected chi connectivity index (χ4v) is 16.3. The predicted octanol–water partition coefficient (Wildman–Crippen LogP) is 30.4. The molecule has 4 aromatic heterocycles. The molecule has 0 aliphatic heterocycles. The van der Waals surface area contributed by atoms with Crippen LogP contribution in [0.4, 0.5) is 0 Å². The monoisotopic (exact) mass is 1470 g/mol. The molecule has 17 rings (SSSR count). The minimum Gasteiger partial charge on any atom is -0.253 e. The summed E-state index contributed by atoms with van der Waals surface area (Å²) in [7, 11) is 0. The number of rotatable bonds is 10. The zero-order valence-corrected chi connectivity index (χ0v) is 69.7. The zero-order chi connectivity index (χ0) is 79.5. The third-order valence-corrected chi connectivity index (χ3v) is 23.9. The third-order valence-electron chi connectivity index (χ3n) is 23.9. The Balaban J connectivity index is 0.000000125. The summed E-state index contributed by atoms with van der Waals surface area (Å²) < 4.78 is 0. The van der Waals surface area contributed by atoms with Gasteiger partial charge in [0.15, 0.2) is 0 Å². The van der Waals surface area contributed by atoms with Crippen molar-refractivity contribution in [1.29, 1.82) is 0 Å². The lowest BCUT2D eigenvalue weighted by Gasteiger charge is -2.20. The molecule has 0 N–H and O–H groups in total. The molecule has 0 atom stereocenters. The van der Waals surface area contributed by atoms with Gasteiger partial charge < -0.3 is 0 Å². The van der Waals surface area contributed by atoms with Crippen LogP contribution in [0.5, 0.6) is 0 Å². The highest BCUT2D eigenvalue weighted by Gasteiger charge is 2.21. The molecular formula is C109H108N4. The summed E-state index contributed by atoms with van der Waals surface area (Å²) in [6.45, 7) is 39.1. The number of nitrogens with zero attached hydrogens (tertiary/aromatic N) is 4. The topological polar surface area (TPSA) is 51.6 Å². The first-order valence-electron chi connectivity index (χ1n) is 40.6. The van der Waals surface area contributed by atoms with Crippen molar-refractivity contribution in [1.82, 2.24) is 19.9 Å². The van der Waals surface area contributed by atoms with Crippen LogP contribution in [0.25, 0.3) is 133 Å². The Morgan fingerprint density at radius 2 is 0.566 bits per heavy atom. The van der Waals surface area contributed by atoms with Crippen molar-refractivity contribution in [2.24, 2.45) is 0 Å². The van der Waals surface area contributed by atoms with Gasteiger partial charge in [-0.25, -0.2) is 0 Å². The van der Waals surface area contributed by atoms with Crippen LogP contribution >= 0.6 is 0 Å². The van der Waals surface area contributed by atoms with Gasteiger partial charge in [0.05, 0.1) is 22.8 Å². The van der Waals surface area contributed by atoms with E-state index in [9.17, 15) is 0 Å². The van der Waals surface area contributed by atoms with Gasteiger partial charge in [-0.1, -0.05) is 271 Å². The van der Waals surface area contributed by atoms with E-state index in [4.69, 9.17) is 19.9 Å². The molecule has 0 unspecified atom stereocenters. The third kappa shape index (κ3) is 17.2. The van der Waals surface area contributed by atoms with Crippen LogP contribution in [0.3, 0.4) is 0 Å². The second kappa shape index (κ2) is 33.3. The number of pyridine rings is 4. The Bertz CT molecular complexity index is 6250. The van der Waals surface area contributed by atoms with Gasteiger partial charge in [-0.2, -0.15) is 0 Å². The Morgan fingerprint density at radius 1 is 0.274 bits per heavy atom. The van der Waals surface area contributed by atoms with E-state index in [-0.39, 0.29) is 5.41 Å². The van der Waals surface area contributed by atoms with Crippen molar-refractivity contribution < 1.29 is 0 Å². The molecule has 0 bridgehead atoms. The highest BCUT2D eigenvalue weighted by molar-refractivity contribution is 5.93. The van der Waals surface area contributed by atoms with Crippen molar-refractivity contribution in [3.8, 4) is 89.5 Å². The minimum absolute atomic E-state index is 0.161. The number of hydrogen-bond acceptors (Lipinski definition) is 4. The van der Waals surface area contributed by atoms with Gasteiger partial charge >= 0.3 is 0 Å². The van der Waals surface area contributed by atoms with E-state index >= 15 is 0 Å². The molecule has 1 aliphatic rings. The van der Waals surface area contributed by atoms with E-state index in [0.29, 0.717) is 5.92 Å². The minimum atomic E-state index is 0.161. The van der Waals surface area contributed by atoms with Crippen molar-refractivity contribution in [2.45, 2.75) is 168 Å². The first-order chi connectivity index (χ1) is 54.3. The number of aryl methyl sites for hydroxylation is 9. The van der Waals surface area contributed by atoms with Gasteiger partial charge in [-0.15, -0.1) is 0 Å². The first-order valence-corrected chi connectivity index (χ1v) is 40.6. The molecule has 1 aliphatic carbocycles. The summed E-state index contributed by atoms with van der Waals surface area (Å²) in [4.78, 5) is 19.5. The second-order valence-corrected chi connectivity index (χ2v) is 33.2. The molecule has 12 aromatic carbocycles. The van der Waals surface area contributed by atoms with Gasteiger partial charge in [0.1, 0.15) is 0 Å². The lowest BCUT2D eigenvalue weighted by atomic mass is 9.85. The van der Waals surface area contributed by atoms with Gasteiger partial charge in [0.2, 0.25) is 0 Å². The van der Waals surface area contributed by atoms with E-state index in [1.165, 1.54) is 202 Å². The van der Waals surface area contributed by atoms with Crippen molar-refractivity contribution in [3.05, 3.63) is 356 Å². The lowest BCUT2D eigenvalue weighted by molar-refractivity contribution is 0.591. The Kier molecular flexibility index (Phi) is 23.0. The first kappa shape index (κ1) is 78.0. The average molecular weight is 1470 g/mol. The maximum Gasteiger partial charge on any atom is 0.0714 e. The molecule has 564 valence electrons. The van der Waals surface area contributed by atoms with E-state index in [1.807, 2.05) is 0 Å². The predicted molar refractivity (Wildman–Crippen MR) is 486 cm³/mol. The summed E-state index contributed by atoms with van der Waals surface area (Å²) in [6, 6.07) is 97.5. The van der Waals surface area contributed by atoms with Crippen LogP contribution in [0.15, 0.2) is 267 Å². The van der Waals surface area contributed by atoms with E-state index in [1.54, 1.807) is 0 Å². The molecular weight excluding hydrogens is 1370 g/mol. The fourth-order valence-electron chi connectivity index (χ4n) is 16.3. The number of fused-ring (bicyclic) bond motifs is 4. The SMILES string of the molecule is Cc1ccc2cc(-c3cc(-c4ccccc4C)nc(C)c3C)ccc2c1.Cc1ccccc1-c1cc(-c2ccc3cc(C(C)(C)C)ccc3c2)c(C)c(C)n1.Cc1ccccc1-c1cc(-c2ccc3cc(C(C)C)ccc3c2)c(C)c(C)n1.Cc1ccccc1-c1cc(-c2ccc3cc(C4CCCC4)ccc3c2)c(C)c(C)n1. The average Bonchev–Trinajstić information content (AvgIpc) is 1.07. The standard InChI is InChI=1S/C29H29N.C28H29N.C27H27N.C25H23N/c1-19-8-4-7-11-27(19)29-18-28(20(2)21(3)30-29)26-15-14-24-16-23(12-13-25(24)17-26)22-9-5-6-10-22;1-18-9-7-8-10-25(18)27-17-26(19(2)20(3)29-27)23-12-11-22-16-24(28(4,5)6)14-13-21(22)15-23;1-17(2)21-10-11-23-15-24(13-12-22(23)14-21)26-16-27(28-20(5)19(26)4)25-9-7-6-8-18(25)3;1-16-9-10-21-14-22(12-11-20(21)13-16)24-15-25(26-19(4)18(24)3)23-8-6-5-7-17(23)2/h4,7-8,11-18,22H,5-6,9-10H2,1-3H3;7-17H,1-6H3;6-17H,1-5H3;5-15H,1-4H3. The maximum atomic E-state index is 4.91. The number of benzene rings is 12. The van der Waals surface area contributed by atoms with E-state index in [2.05, 4.69) is 392 Å². The molecule has 4 nitrogen and oxygen atoms in total. The molecule has 0 amide bonds. The maximum absolute atomic E-state index is 4.91. The van der Waals surface area contributed by atoms with Crippen molar-refractivity contribution >= 4 is 43.1 Å². The van der Waals surface area contributed by atoms with E-state index < -0.39 is 0 Å². The van der Waals surface area contributed by atoms with Crippen LogP contribution in [0, 0.1) is 90.0 Å². The molecule has 113 heavy (non-hydrogen) atoms. The zero-order valence-electron chi connectivity index (χ0n) is 69.7. The molecule has 4 heteroatoms. The smallest absolute Gasteiger partial charge is 0.0714 e. The van der Waals surface area contributed by atoms with Crippen LogP contribution in [-0.4, -0.2) is 19.9 Å².